The van der Waals surface area contributed by atoms with Gasteiger partial charge in [-0.25, -0.2) is 4.98 Å². The fourth-order valence-electron chi connectivity index (χ4n) is 3.61. The first-order valence-electron chi connectivity index (χ1n) is 9.83. The average molecular weight is 432 g/mol. The minimum Gasteiger partial charge on any atom is -0.497 e. The predicted molar refractivity (Wildman–Crippen MR) is 121 cm³/mol. The molecule has 0 atom stereocenters. The van der Waals surface area contributed by atoms with Gasteiger partial charge in [-0.05, 0) is 49.4 Å². The maximum atomic E-state index is 5.42. The first-order valence-corrected chi connectivity index (χ1v) is 10.8. The van der Waals surface area contributed by atoms with E-state index in [-0.39, 0.29) is 0 Å². The minimum absolute atomic E-state index is 0.650. The van der Waals surface area contributed by atoms with Crippen LogP contribution in [0.15, 0.2) is 70.4 Å². The topological polar surface area (TPSA) is 70.9 Å². The second-order valence-corrected chi connectivity index (χ2v) is 8.04. The van der Waals surface area contributed by atoms with Crippen molar-refractivity contribution in [1.82, 2.24) is 24.3 Å². The molecule has 0 radical (unpaired) electrons. The van der Waals surface area contributed by atoms with Gasteiger partial charge in [-0.3, -0.25) is 4.57 Å². The monoisotopic (exact) mass is 431 g/mol. The molecule has 0 unspecified atom stereocenters. The summed E-state index contributed by atoms with van der Waals surface area (Å²) in [6.45, 7) is 1.92. The van der Waals surface area contributed by atoms with Crippen molar-refractivity contribution in [2.24, 2.45) is 7.05 Å². The normalized spacial score (nSPS) is 11.3. The number of thioether (sulfide) groups is 1. The Labute approximate surface area is 183 Å². The Hall–Kier alpha value is -3.52. The van der Waals surface area contributed by atoms with Gasteiger partial charge in [0, 0.05) is 12.7 Å². The van der Waals surface area contributed by atoms with E-state index in [0.29, 0.717) is 5.75 Å². The summed E-state index contributed by atoms with van der Waals surface area (Å²) in [5, 5.41) is 9.58. The van der Waals surface area contributed by atoms with E-state index >= 15 is 0 Å². The Balaban J connectivity index is 1.49. The van der Waals surface area contributed by atoms with Gasteiger partial charge >= 0.3 is 0 Å². The molecule has 0 spiro atoms. The van der Waals surface area contributed by atoms with Crippen LogP contribution < -0.4 is 4.74 Å². The van der Waals surface area contributed by atoms with Gasteiger partial charge in [0.2, 0.25) is 0 Å². The molecule has 156 valence electrons. The Morgan fingerprint density at radius 3 is 2.58 bits per heavy atom. The Kier molecular flexibility index (Phi) is 4.99. The van der Waals surface area contributed by atoms with Crippen molar-refractivity contribution in [1.29, 1.82) is 0 Å². The lowest BCUT2D eigenvalue weighted by molar-refractivity contribution is 0.414. The summed E-state index contributed by atoms with van der Waals surface area (Å²) in [5.41, 5.74) is 4.02. The van der Waals surface area contributed by atoms with E-state index in [4.69, 9.17) is 14.1 Å². The molecule has 0 bridgehead atoms. The van der Waals surface area contributed by atoms with Crippen LogP contribution in [0, 0.1) is 6.92 Å². The highest BCUT2D eigenvalue weighted by atomic mass is 32.2. The molecule has 0 fully saturated rings. The van der Waals surface area contributed by atoms with Crippen molar-refractivity contribution in [2.75, 3.05) is 7.11 Å². The van der Waals surface area contributed by atoms with Crippen molar-refractivity contribution in [3.8, 4) is 22.8 Å². The molecule has 0 aliphatic carbocycles. The first-order chi connectivity index (χ1) is 15.2. The average Bonchev–Trinajstić information content (AvgIpc) is 3.48. The van der Waals surface area contributed by atoms with Crippen LogP contribution >= 0.6 is 11.8 Å². The zero-order valence-corrected chi connectivity index (χ0v) is 18.3. The molecule has 0 amide bonds. The van der Waals surface area contributed by atoms with Crippen molar-refractivity contribution >= 4 is 22.8 Å². The molecule has 0 N–H and O–H groups in total. The van der Waals surface area contributed by atoms with Crippen LogP contribution in [0.4, 0.5) is 0 Å². The lowest BCUT2D eigenvalue weighted by Crippen LogP contribution is -2.01. The van der Waals surface area contributed by atoms with Crippen molar-refractivity contribution in [2.45, 2.75) is 17.8 Å². The SMILES string of the molecule is COc1ccc(-n2c(CSc3nnc(-c4ccoc4C)n3C)nc3ccccc32)cc1. The number of aromatic nitrogens is 5. The van der Waals surface area contributed by atoms with Gasteiger partial charge in [0.05, 0.1) is 35.7 Å². The highest BCUT2D eigenvalue weighted by Gasteiger charge is 2.17. The van der Waals surface area contributed by atoms with Crippen LogP contribution in [0.25, 0.3) is 28.1 Å². The van der Waals surface area contributed by atoms with E-state index in [1.807, 2.05) is 67.1 Å². The molecule has 0 saturated heterocycles. The summed E-state index contributed by atoms with van der Waals surface area (Å²) in [6, 6.07) is 18.1. The van der Waals surface area contributed by atoms with Crippen LogP contribution in [-0.2, 0) is 12.8 Å². The highest BCUT2D eigenvalue weighted by molar-refractivity contribution is 7.98. The molecule has 3 heterocycles. The third-order valence-electron chi connectivity index (χ3n) is 5.23. The molecule has 31 heavy (non-hydrogen) atoms. The van der Waals surface area contributed by atoms with Crippen molar-refractivity contribution < 1.29 is 9.15 Å². The summed E-state index contributed by atoms with van der Waals surface area (Å²) in [5.74, 6) is 4.04. The molecule has 5 aromatic rings. The molecule has 8 heteroatoms. The first kappa shape index (κ1) is 19.4. The van der Waals surface area contributed by atoms with Gasteiger partial charge in [-0.1, -0.05) is 23.9 Å². The minimum atomic E-state index is 0.650. The number of fused-ring (bicyclic) bond motifs is 1. The van der Waals surface area contributed by atoms with Crippen LogP contribution in [-0.4, -0.2) is 31.4 Å². The largest absolute Gasteiger partial charge is 0.497 e. The molecule has 0 saturated carbocycles. The number of methoxy groups -OCH3 is 1. The second-order valence-electron chi connectivity index (χ2n) is 7.09. The van der Waals surface area contributed by atoms with Crippen LogP contribution in [0.3, 0.4) is 0 Å². The maximum absolute atomic E-state index is 5.42. The van der Waals surface area contributed by atoms with E-state index in [9.17, 15) is 0 Å². The molecular formula is C23H21N5O2S. The molecular weight excluding hydrogens is 410 g/mol. The molecule has 7 nitrogen and oxygen atoms in total. The number of rotatable bonds is 6. The summed E-state index contributed by atoms with van der Waals surface area (Å²) in [7, 11) is 3.64. The van der Waals surface area contributed by atoms with Crippen molar-refractivity contribution in [3.63, 3.8) is 0 Å². The maximum Gasteiger partial charge on any atom is 0.191 e. The zero-order valence-electron chi connectivity index (χ0n) is 17.4. The van der Waals surface area contributed by atoms with Crippen molar-refractivity contribution in [3.05, 3.63) is 72.4 Å². The number of para-hydroxylation sites is 2. The molecule has 5 rings (SSSR count). The van der Waals surface area contributed by atoms with Crippen LogP contribution in [0.2, 0.25) is 0 Å². The fourth-order valence-corrected chi connectivity index (χ4v) is 4.44. The van der Waals surface area contributed by atoms with Crippen LogP contribution in [0.1, 0.15) is 11.6 Å². The summed E-state index contributed by atoms with van der Waals surface area (Å²) in [6.07, 6.45) is 1.67. The van der Waals surface area contributed by atoms with E-state index in [2.05, 4.69) is 20.8 Å². The Bertz CT molecular complexity index is 1350. The van der Waals surface area contributed by atoms with Crippen LogP contribution in [0.5, 0.6) is 5.75 Å². The highest BCUT2D eigenvalue weighted by Crippen LogP contribution is 2.30. The van der Waals surface area contributed by atoms with Gasteiger partial charge < -0.3 is 13.7 Å². The second kappa shape index (κ2) is 7.96. The van der Waals surface area contributed by atoms with Gasteiger partial charge in [-0.15, -0.1) is 10.2 Å². The van der Waals surface area contributed by atoms with E-state index < -0.39 is 0 Å². The number of furan rings is 1. The number of hydrogen-bond donors (Lipinski definition) is 0. The number of imidazole rings is 1. The third kappa shape index (κ3) is 3.48. The summed E-state index contributed by atoms with van der Waals surface area (Å²) >= 11 is 1.61. The fraction of sp³-hybridized carbons (Fsp3) is 0.174. The molecule has 3 aromatic heterocycles. The quantitative estimate of drug-likeness (QED) is 0.352. The lowest BCUT2D eigenvalue weighted by Gasteiger charge is -2.10. The Morgan fingerprint density at radius 2 is 1.84 bits per heavy atom. The summed E-state index contributed by atoms with van der Waals surface area (Å²) in [4.78, 5) is 4.89. The van der Waals surface area contributed by atoms with Gasteiger partial charge in [0.1, 0.15) is 17.3 Å². The van der Waals surface area contributed by atoms with E-state index in [0.717, 1.165) is 50.6 Å². The zero-order chi connectivity index (χ0) is 21.4. The molecule has 0 aliphatic heterocycles. The van der Waals surface area contributed by atoms with Gasteiger partial charge in [0.15, 0.2) is 11.0 Å². The van der Waals surface area contributed by atoms with E-state index in [1.165, 1.54) is 0 Å². The van der Waals surface area contributed by atoms with Gasteiger partial charge in [0.25, 0.3) is 0 Å². The predicted octanol–water partition coefficient (Wildman–Crippen LogP) is 5.02. The molecule has 2 aromatic carbocycles. The van der Waals surface area contributed by atoms with Gasteiger partial charge in [-0.2, -0.15) is 0 Å². The number of benzene rings is 2. The smallest absolute Gasteiger partial charge is 0.191 e. The third-order valence-corrected chi connectivity index (χ3v) is 6.24. The Morgan fingerprint density at radius 1 is 1.03 bits per heavy atom. The number of ether oxygens (including phenoxy) is 1. The lowest BCUT2D eigenvalue weighted by atomic mass is 10.2. The number of aryl methyl sites for hydroxylation is 1. The molecule has 0 aliphatic rings. The standard InChI is InChI=1S/C23H21N5O2S/c1-15-18(12-13-30-15)22-25-26-23(27(22)2)31-14-21-24-19-6-4-5-7-20(19)28(21)16-8-10-17(29-3)11-9-16/h4-13H,14H2,1-3H3. The number of nitrogens with zero attached hydrogens (tertiary/aromatic N) is 5. The van der Waals surface area contributed by atoms with E-state index in [1.54, 1.807) is 25.1 Å². The number of hydrogen-bond acceptors (Lipinski definition) is 6. The summed E-state index contributed by atoms with van der Waals surface area (Å²) < 4.78 is 14.9.